The fourth-order valence-electron chi connectivity index (χ4n) is 2.35. The van der Waals surface area contributed by atoms with Crippen LogP contribution in [0.1, 0.15) is 50.3 Å². The van der Waals surface area contributed by atoms with Crippen LogP contribution in [-0.4, -0.2) is 28.9 Å². The second-order valence-electron chi connectivity index (χ2n) is 5.59. The van der Waals surface area contributed by atoms with Gasteiger partial charge in [-0.3, -0.25) is 0 Å². The molecule has 6 nitrogen and oxygen atoms in total. The predicted molar refractivity (Wildman–Crippen MR) is 76.4 cm³/mol. The summed E-state index contributed by atoms with van der Waals surface area (Å²) >= 11 is 0. The molecule has 0 aliphatic rings. The van der Waals surface area contributed by atoms with Gasteiger partial charge in [0.05, 0.1) is 24.4 Å². The lowest BCUT2D eigenvalue weighted by Gasteiger charge is -2.20. The van der Waals surface area contributed by atoms with Gasteiger partial charge in [-0.05, 0) is 33.1 Å². The molecule has 1 aromatic rings. The number of aliphatic hydroxyl groups excluding tert-OH is 1. The second kappa shape index (κ2) is 7.28. The molecule has 6 heteroatoms. The van der Waals surface area contributed by atoms with E-state index in [4.69, 9.17) is 4.52 Å². The number of nitrogens with zero attached hydrogens (tertiary/aromatic N) is 1. The Morgan fingerprint density at radius 3 is 2.40 bits per heavy atom. The third-order valence-electron chi connectivity index (χ3n) is 3.18. The fraction of sp³-hybridized carbons (Fsp3) is 0.714. The molecule has 0 fully saturated rings. The standard InChI is InChI=1S/C14H25N3O3/c1-8(2)6-12(7-18)16-14(19)15-9(3)13-10(4)17-20-11(13)5/h8-9,12,18H,6-7H2,1-5H3,(H2,15,16,19). The van der Waals surface area contributed by atoms with E-state index >= 15 is 0 Å². The molecule has 2 unspecified atom stereocenters. The fourth-order valence-corrected chi connectivity index (χ4v) is 2.35. The number of aliphatic hydroxyl groups is 1. The predicted octanol–water partition coefficient (Wildman–Crippen LogP) is 2.06. The van der Waals surface area contributed by atoms with E-state index < -0.39 is 0 Å². The molecule has 3 N–H and O–H groups in total. The van der Waals surface area contributed by atoms with Crippen molar-refractivity contribution in [2.45, 2.75) is 53.1 Å². The monoisotopic (exact) mass is 283 g/mol. The van der Waals surface area contributed by atoms with E-state index in [9.17, 15) is 9.90 Å². The van der Waals surface area contributed by atoms with Gasteiger partial charge in [-0.25, -0.2) is 4.79 Å². The number of amides is 2. The van der Waals surface area contributed by atoms with Crippen LogP contribution < -0.4 is 10.6 Å². The molecule has 2 atom stereocenters. The Balaban J connectivity index is 2.57. The molecule has 1 heterocycles. The smallest absolute Gasteiger partial charge is 0.315 e. The first-order chi connectivity index (χ1) is 9.35. The van der Waals surface area contributed by atoms with E-state index in [0.717, 1.165) is 17.7 Å². The van der Waals surface area contributed by atoms with Crippen LogP contribution in [0, 0.1) is 19.8 Å². The van der Waals surface area contributed by atoms with Gasteiger partial charge >= 0.3 is 6.03 Å². The first-order valence-corrected chi connectivity index (χ1v) is 6.95. The Bertz CT molecular complexity index is 423. The first-order valence-electron chi connectivity index (χ1n) is 6.95. The van der Waals surface area contributed by atoms with Crippen molar-refractivity contribution in [2.24, 2.45) is 5.92 Å². The summed E-state index contributed by atoms with van der Waals surface area (Å²) in [4.78, 5) is 11.9. The summed E-state index contributed by atoms with van der Waals surface area (Å²) in [6, 6.07) is -0.719. The minimum Gasteiger partial charge on any atom is -0.394 e. The van der Waals surface area contributed by atoms with Crippen molar-refractivity contribution in [2.75, 3.05) is 6.61 Å². The van der Waals surface area contributed by atoms with Crippen molar-refractivity contribution >= 4 is 6.03 Å². The molecule has 0 saturated carbocycles. The van der Waals surface area contributed by atoms with Crippen LogP contribution in [0.3, 0.4) is 0 Å². The maximum absolute atomic E-state index is 11.9. The topological polar surface area (TPSA) is 87.4 Å². The van der Waals surface area contributed by atoms with Crippen LogP contribution in [0.15, 0.2) is 4.52 Å². The van der Waals surface area contributed by atoms with Gasteiger partial charge < -0.3 is 20.3 Å². The van der Waals surface area contributed by atoms with Crippen molar-refractivity contribution < 1.29 is 14.4 Å². The van der Waals surface area contributed by atoms with Gasteiger partial charge in [-0.1, -0.05) is 19.0 Å². The number of aryl methyl sites for hydroxylation is 2. The number of carbonyl (C=O) groups excluding carboxylic acids is 1. The molecule has 0 bridgehead atoms. The van der Waals surface area contributed by atoms with Crippen molar-refractivity contribution in [1.29, 1.82) is 0 Å². The van der Waals surface area contributed by atoms with Crippen molar-refractivity contribution in [3.8, 4) is 0 Å². The Morgan fingerprint density at radius 2 is 1.95 bits per heavy atom. The van der Waals surface area contributed by atoms with Gasteiger partial charge in [0, 0.05) is 5.56 Å². The van der Waals surface area contributed by atoms with Crippen LogP contribution in [0.5, 0.6) is 0 Å². The maximum Gasteiger partial charge on any atom is 0.315 e. The summed E-state index contributed by atoms with van der Waals surface area (Å²) in [7, 11) is 0. The summed E-state index contributed by atoms with van der Waals surface area (Å²) in [5, 5.41) is 18.8. The largest absolute Gasteiger partial charge is 0.394 e. The summed E-state index contributed by atoms with van der Waals surface area (Å²) in [6.07, 6.45) is 0.740. The minimum absolute atomic E-state index is 0.0642. The van der Waals surface area contributed by atoms with Crippen LogP contribution >= 0.6 is 0 Å². The number of nitrogens with one attached hydrogen (secondary N) is 2. The van der Waals surface area contributed by atoms with Gasteiger partial charge in [0.25, 0.3) is 0 Å². The number of urea groups is 1. The lowest BCUT2D eigenvalue weighted by molar-refractivity contribution is 0.205. The number of hydrogen-bond donors (Lipinski definition) is 3. The number of carbonyl (C=O) groups is 1. The molecule has 0 spiro atoms. The van der Waals surface area contributed by atoms with Gasteiger partial charge in [-0.2, -0.15) is 0 Å². The first kappa shape index (κ1) is 16.5. The van der Waals surface area contributed by atoms with E-state index in [1.54, 1.807) is 0 Å². The molecular weight excluding hydrogens is 258 g/mol. The summed E-state index contributed by atoms with van der Waals surface area (Å²) in [5.74, 6) is 1.11. The highest BCUT2D eigenvalue weighted by Crippen LogP contribution is 2.20. The number of aromatic nitrogens is 1. The maximum atomic E-state index is 11.9. The highest BCUT2D eigenvalue weighted by molar-refractivity contribution is 5.74. The van der Waals surface area contributed by atoms with Gasteiger partial charge in [0.15, 0.2) is 0 Å². The molecule has 0 radical (unpaired) electrons. The summed E-state index contributed by atoms with van der Waals surface area (Å²) < 4.78 is 5.09. The Kier molecular flexibility index (Phi) is 6.01. The normalized spacial score (nSPS) is 14.2. The lowest BCUT2D eigenvalue weighted by atomic mass is 10.0. The lowest BCUT2D eigenvalue weighted by Crippen LogP contribution is -2.45. The zero-order chi connectivity index (χ0) is 15.3. The highest BCUT2D eigenvalue weighted by atomic mass is 16.5. The third kappa shape index (κ3) is 4.52. The second-order valence-corrected chi connectivity index (χ2v) is 5.59. The molecule has 2 amide bonds. The molecular formula is C14H25N3O3. The Labute approximate surface area is 119 Å². The Morgan fingerprint density at radius 1 is 1.30 bits per heavy atom. The van der Waals surface area contributed by atoms with E-state index in [-0.39, 0.29) is 24.7 Å². The molecule has 0 aliphatic heterocycles. The molecule has 1 rings (SSSR count). The van der Waals surface area contributed by atoms with Crippen LogP contribution in [-0.2, 0) is 0 Å². The van der Waals surface area contributed by atoms with E-state index in [2.05, 4.69) is 29.6 Å². The SMILES string of the molecule is Cc1noc(C)c1C(C)NC(=O)NC(CO)CC(C)C. The van der Waals surface area contributed by atoms with Crippen molar-refractivity contribution in [3.05, 3.63) is 17.0 Å². The highest BCUT2D eigenvalue weighted by Gasteiger charge is 2.19. The molecule has 114 valence electrons. The average Bonchev–Trinajstić information content (AvgIpc) is 2.67. The zero-order valence-corrected chi connectivity index (χ0v) is 12.9. The molecule has 0 saturated heterocycles. The molecule has 1 aromatic heterocycles. The zero-order valence-electron chi connectivity index (χ0n) is 12.9. The molecule has 20 heavy (non-hydrogen) atoms. The van der Waals surface area contributed by atoms with Gasteiger partial charge in [0.2, 0.25) is 0 Å². The van der Waals surface area contributed by atoms with Gasteiger partial charge in [-0.15, -0.1) is 0 Å². The summed E-state index contributed by atoms with van der Waals surface area (Å²) in [6.45, 7) is 9.58. The third-order valence-corrected chi connectivity index (χ3v) is 3.18. The molecule has 0 aliphatic carbocycles. The number of rotatable bonds is 6. The van der Waals surface area contributed by atoms with E-state index in [1.807, 2.05) is 20.8 Å². The van der Waals surface area contributed by atoms with E-state index in [1.165, 1.54) is 0 Å². The quantitative estimate of drug-likeness (QED) is 0.745. The van der Waals surface area contributed by atoms with Crippen LogP contribution in [0.25, 0.3) is 0 Å². The van der Waals surface area contributed by atoms with Gasteiger partial charge in [0.1, 0.15) is 5.76 Å². The Hall–Kier alpha value is -1.56. The number of hydrogen-bond acceptors (Lipinski definition) is 4. The minimum atomic E-state index is -0.294. The van der Waals surface area contributed by atoms with E-state index in [0.29, 0.717) is 11.7 Å². The summed E-state index contributed by atoms with van der Waals surface area (Å²) in [5.41, 5.74) is 1.67. The van der Waals surface area contributed by atoms with Crippen molar-refractivity contribution in [1.82, 2.24) is 15.8 Å². The average molecular weight is 283 g/mol. The van der Waals surface area contributed by atoms with Crippen molar-refractivity contribution in [3.63, 3.8) is 0 Å². The van der Waals surface area contributed by atoms with Crippen LogP contribution in [0.4, 0.5) is 4.79 Å². The molecule has 0 aromatic carbocycles. The van der Waals surface area contributed by atoms with Crippen LogP contribution in [0.2, 0.25) is 0 Å².